The van der Waals surface area contributed by atoms with Crippen LogP contribution in [0.25, 0.3) is 0 Å². The van der Waals surface area contributed by atoms with Crippen molar-refractivity contribution < 1.29 is 4.39 Å². The summed E-state index contributed by atoms with van der Waals surface area (Å²) in [6.45, 7) is 5.87. The Labute approximate surface area is 133 Å². The molecule has 0 saturated carbocycles. The van der Waals surface area contributed by atoms with E-state index in [-0.39, 0.29) is 11.9 Å². The average Bonchev–Trinajstić information content (AvgIpc) is 2.91. The maximum absolute atomic E-state index is 14.2. The molecular weight excluding hydrogens is 333 g/mol. The lowest BCUT2D eigenvalue weighted by atomic mass is 10.00. The first-order chi connectivity index (χ1) is 10.1. The van der Waals surface area contributed by atoms with Crippen LogP contribution in [-0.4, -0.2) is 16.3 Å². The average molecular weight is 354 g/mol. The fourth-order valence-corrected chi connectivity index (χ4v) is 2.65. The lowest BCUT2D eigenvalue weighted by molar-refractivity contribution is 0.496. The van der Waals surface area contributed by atoms with Crippen molar-refractivity contribution in [2.24, 2.45) is 0 Å². The van der Waals surface area contributed by atoms with E-state index >= 15 is 0 Å². The van der Waals surface area contributed by atoms with Crippen molar-refractivity contribution in [3.05, 3.63) is 52.0 Å². The number of aryl methyl sites for hydroxylation is 1. The zero-order chi connectivity index (χ0) is 15.2. The van der Waals surface area contributed by atoms with Crippen molar-refractivity contribution in [1.82, 2.24) is 15.1 Å². The minimum Gasteiger partial charge on any atom is -0.310 e. The van der Waals surface area contributed by atoms with E-state index < -0.39 is 0 Å². The number of aromatic nitrogens is 2. The zero-order valence-electron chi connectivity index (χ0n) is 12.4. The van der Waals surface area contributed by atoms with Crippen molar-refractivity contribution in [1.29, 1.82) is 0 Å². The predicted octanol–water partition coefficient (Wildman–Crippen LogP) is 4.09. The summed E-state index contributed by atoms with van der Waals surface area (Å²) in [6, 6.07) is 5.21. The number of nitrogens with zero attached hydrogens (tertiary/aromatic N) is 2. The molecule has 0 fully saturated rings. The number of nitrogens with one attached hydrogen (secondary N) is 1. The Morgan fingerprint density at radius 2 is 2.19 bits per heavy atom. The van der Waals surface area contributed by atoms with Gasteiger partial charge in [0.1, 0.15) is 5.82 Å². The highest BCUT2D eigenvalue weighted by Gasteiger charge is 2.16. The molecule has 5 heteroatoms. The molecule has 0 radical (unpaired) electrons. The van der Waals surface area contributed by atoms with Gasteiger partial charge in [-0.3, -0.25) is 4.68 Å². The van der Waals surface area contributed by atoms with Crippen molar-refractivity contribution in [3.8, 4) is 0 Å². The van der Waals surface area contributed by atoms with Gasteiger partial charge < -0.3 is 5.32 Å². The van der Waals surface area contributed by atoms with Gasteiger partial charge in [0, 0.05) is 28.8 Å². The molecule has 1 heterocycles. The second-order valence-corrected chi connectivity index (χ2v) is 6.00. The monoisotopic (exact) mass is 353 g/mol. The van der Waals surface area contributed by atoms with E-state index in [1.54, 1.807) is 0 Å². The van der Waals surface area contributed by atoms with E-state index in [0.717, 1.165) is 36.0 Å². The Morgan fingerprint density at radius 3 is 2.81 bits per heavy atom. The molecule has 2 rings (SSSR count). The third-order valence-electron chi connectivity index (χ3n) is 3.43. The SMILES string of the molecule is CCCNC(Cc1cnn(CC)c1)c1ccc(Br)cc1F. The molecule has 3 nitrogen and oxygen atoms in total. The first-order valence-corrected chi connectivity index (χ1v) is 8.13. The minimum absolute atomic E-state index is 0.0347. The van der Waals surface area contributed by atoms with E-state index in [1.807, 2.05) is 29.2 Å². The molecule has 21 heavy (non-hydrogen) atoms. The summed E-state index contributed by atoms with van der Waals surface area (Å²) in [5.41, 5.74) is 1.82. The maximum atomic E-state index is 14.2. The van der Waals surface area contributed by atoms with Crippen LogP contribution in [0.4, 0.5) is 4.39 Å². The third kappa shape index (κ3) is 4.38. The molecule has 0 aliphatic heterocycles. The van der Waals surface area contributed by atoms with Crippen molar-refractivity contribution in [2.75, 3.05) is 6.54 Å². The Bertz CT molecular complexity index is 583. The van der Waals surface area contributed by atoms with Crippen LogP contribution in [0, 0.1) is 5.82 Å². The highest BCUT2D eigenvalue weighted by molar-refractivity contribution is 9.10. The summed E-state index contributed by atoms with van der Waals surface area (Å²) in [4.78, 5) is 0. The van der Waals surface area contributed by atoms with E-state index in [4.69, 9.17) is 0 Å². The van der Waals surface area contributed by atoms with Gasteiger partial charge in [-0.05, 0) is 44.0 Å². The van der Waals surface area contributed by atoms with Crippen molar-refractivity contribution in [3.63, 3.8) is 0 Å². The Balaban J connectivity index is 2.20. The summed E-state index contributed by atoms with van der Waals surface area (Å²) >= 11 is 3.30. The predicted molar refractivity (Wildman–Crippen MR) is 86.7 cm³/mol. The van der Waals surface area contributed by atoms with Crippen LogP contribution < -0.4 is 5.32 Å². The van der Waals surface area contributed by atoms with Crippen LogP contribution in [0.5, 0.6) is 0 Å². The van der Waals surface area contributed by atoms with Crippen LogP contribution in [-0.2, 0) is 13.0 Å². The number of hydrogen-bond donors (Lipinski definition) is 1. The fourth-order valence-electron chi connectivity index (χ4n) is 2.32. The van der Waals surface area contributed by atoms with Crippen LogP contribution in [0.1, 0.15) is 37.4 Å². The van der Waals surface area contributed by atoms with Gasteiger partial charge in [0.2, 0.25) is 0 Å². The Morgan fingerprint density at radius 1 is 1.38 bits per heavy atom. The molecule has 2 aromatic rings. The first-order valence-electron chi connectivity index (χ1n) is 7.33. The molecule has 0 amide bonds. The number of benzene rings is 1. The van der Waals surface area contributed by atoms with E-state index in [0.29, 0.717) is 5.56 Å². The highest BCUT2D eigenvalue weighted by atomic mass is 79.9. The Hall–Kier alpha value is -1.20. The van der Waals surface area contributed by atoms with Crippen LogP contribution in [0.3, 0.4) is 0 Å². The zero-order valence-corrected chi connectivity index (χ0v) is 14.0. The number of hydrogen-bond acceptors (Lipinski definition) is 2. The largest absolute Gasteiger partial charge is 0.310 e. The van der Waals surface area contributed by atoms with Gasteiger partial charge in [-0.2, -0.15) is 5.10 Å². The normalized spacial score (nSPS) is 12.6. The highest BCUT2D eigenvalue weighted by Crippen LogP contribution is 2.24. The second-order valence-electron chi connectivity index (χ2n) is 5.08. The molecule has 1 aromatic heterocycles. The molecule has 0 aliphatic rings. The smallest absolute Gasteiger partial charge is 0.129 e. The molecule has 0 aliphatic carbocycles. The van der Waals surface area contributed by atoms with Gasteiger partial charge in [-0.15, -0.1) is 0 Å². The van der Waals surface area contributed by atoms with Gasteiger partial charge in [0.25, 0.3) is 0 Å². The fraction of sp³-hybridized carbons (Fsp3) is 0.438. The second kappa shape index (κ2) is 7.71. The molecule has 114 valence electrons. The lowest BCUT2D eigenvalue weighted by Gasteiger charge is -2.19. The molecule has 1 unspecified atom stereocenters. The topological polar surface area (TPSA) is 29.9 Å². The molecule has 0 saturated heterocycles. The molecule has 1 aromatic carbocycles. The standard InChI is InChI=1S/C16H21BrFN3/c1-3-7-19-16(8-12-10-20-21(4-2)11-12)14-6-5-13(17)9-15(14)18/h5-6,9-11,16,19H,3-4,7-8H2,1-2H3. The molecule has 1 N–H and O–H groups in total. The van der Waals surface area contributed by atoms with E-state index in [1.165, 1.54) is 6.07 Å². The van der Waals surface area contributed by atoms with E-state index in [2.05, 4.69) is 40.2 Å². The maximum Gasteiger partial charge on any atom is 0.129 e. The Kier molecular flexibility index (Phi) is 5.94. The van der Waals surface area contributed by atoms with Gasteiger partial charge in [0.05, 0.1) is 6.20 Å². The third-order valence-corrected chi connectivity index (χ3v) is 3.92. The van der Waals surface area contributed by atoms with Crippen LogP contribution in [0.15, 0.2) is 35.1 Å². The molecule has 0 spiro atoms. The van der Waals surface area contributed by atoms with Gasteiger partial charge in [-0.1, -0.05) is 28.9 Å². The van der Waals surface area contributed by atoms with E-state index in [9.17, 15) is 4.39 Å². The number of halogens is 2. The first kappa shape index (κ1) is 16.2. The summed E-state index contributed by atoms with van der Waals surface area (Å²) < 4.78 is 16.9. The van der Waals surface area contributed by atoms with Gasteiger partial charge in [-0.25, -0.2) is 4.39 Å². The van der Waals surface area contributed by atoms with Crippen LogP contribution >= 0.6 is 15.9 Å². The molecular formula is C16H21BrFN3. The summed E-state index contributed by atoms with van der Waals surface area (Å²) in [7, 11) is 0. The quantitative estimate of drug-likeness (QED) is 0.812. The van der Waals surface area contributed by atoms with Crippen LogP contribution in [0.2, 0.25) is 0 Å². The minimum atomic E-state index is -0.180. The summed E-state index contributed by atoms with van der Waals surface area (Å²) in [5.74, 6) is -0.180. The van der Waals surface area contributed by atoms with Gasteiger partial charge in [0.15, 0.2) is 0 Å². The van der Waals surface area contributed by atoms with Crippen molar-refractivity contribution in [2.45, 2.75) is 39.3 Å². The summed E-state index contributed by atoms with van der Waals surface area (Å²) in [6.07, 6.45) is 5.64. The molecule has 1 atom stereocenters. The lowest BCUT2D eigenvalue weighted by Crippen LogP contribution is -2.25. The van der Waals surface area contributed by atoms with Gasteiger partial charge >= 0.3 is 0 Å². The summed E-state index contributed by atoms with van der Waals surface area (Å²) in [5, 5.41) is 7.72. The van der Waals surface area contributed by atoms with Crippen molar-refractivity contribution >= 4 is 15.9 Å². The molecule has 0 bridgehead atoms. The number of rotatable bonds is 7.